The molecule has 1 heterocycles. The molecule has 0 aromatic heterocycles. The second kappa shape index (κ2) is 7.39. The number of amides is 2. The van der Waals surface area contributed by atoms with Gasteiger partial charge in [-0.1, -0.05) is 12.1 Å². The number of hydrogen-bond donors (Lipinski definition) is 2. The van der Waals surface area contributed by atoms with Gasteiger partial charge in [0, 0.05) is 36.8 Å². The first-order valence-corrected chi connectivity index (χ1v) is 9.00. The Kier molecular flexibility index (Phi) is 5.22. The first kappa shape index (κ1) is 17.7. The summed E-state index contributed by atoms with van der Waals surface area (Å²) in [5, 5.41) is 17.0. The summed E-state index contributed by atoms with van der Waals surface area (Å²) >= 11 is 0. The van der Waals surface area contributed by atoms with Crippen LogP contribution >= 0.6 is 0 Å². The Hall–Kier alpha value is -2.15. The predicted octanol–water partition coefficient (Wildman–Crippen LogP) is 2.89. The highest BCUT2D eigenvalue weighted by Gasteiger charge is 2.32. The van der Waals surface area contributed by atoms with E-state index in [-0.39, 0.29) is 28.7 Å². The minimum atomic E-state index is -0.390. The molecule has 1 atom stereocenters. The average molecular weight is 346 g/mol. The van der Waals surface area contributed by atoms with Crippen molar-refractivity contribution in [3.63, 3.8) is 0 Å². The van der Waals surface area contributed by atoms with Gasteiger partial charge in [-0.15, -0.1) is 0 Å². The van der Waals surface area contributed by atoms with Crippen LogP contribution in [-0.4, -0.2) is 41.0 Å². The fraction of sp³-hybridized carbons (Fsp3) is 0.611. The van der Waals surface area contributed by atoms with E-state index in [0.29, 0.717) is 5.56 Å². The molecule has 2 aliphatic rings. The Balaban J connectivity index is 1.50. The Bertz CT molecular complexity index is 652. The molecular weight excluding hydrogens is 320 g/mol. The topological polar surface area (TPSA) is 87.5 Å². The Labute approximate surface area is 147 Å². The van der Waals surface area contributed by atoms with Crippen LogP contribution in [-0.2, 0) is 0 Å². The molecule has 0 bridgehead atoms. The molecule has 0 spiro atoms. The molecule has 2 amide bonds. The van der Waals surface area contributed by atoms with Crippen molar-refractivity contribution in [3.8, 4) is 0 Å². The summed E-state index contributed by atoms with van der Waals surface area (Å²) in [5.41, 5.74) is 1.43. The van der Waals surface area contributed by atoms with Gasteiger partial charge in [0.05, 0.1) is 11.0 Å². The lowest BCUT2D eigenvalue weighted by molar-refractivity contribution is -0.385. The van der Waals surface area contributed by atoms with Gasteiger partial charge in [-0.25, -0.2) is 4.79 Å². The zero-order valence-corrected chi connectivity index (χ0v) is 14.8. The fourth-order valence-corrected chi connectivity index (χ4v) is 3.45. The fourth-order valence-electron chi connectivity index (χ4n) is 3.45. The summed E-state index contributed by atoms with van der Waals surface area (Å²) in [4.78, 5) is 25.4. The van der Waals surface area contributed by atoms with Crippen molar-refractivity contribution in [2.75, 3.05) is 13.1 Å². The number of rotatable bonds is 5. The van der Waals surface area contributed by atoms with E-state index >= 15 is 0 Å². The largest absolute Gasteiger partial charge is 0.335 e. The number of carbonyl (C=O) groups is 1. The third kappa shape index (κ3) is 4.48. The Morgan fingerprint density at radius 3 is 2.56 bits per heavy atom. The highest BCUT2D eigenvalue weighted by molar-refractivity contribution is 5.74. The molecule has 1 aromatic carbocycles. The number of aryl methyl sites for hydroxylation is 1. The van der Waals surface area contributed by atoms with Crippen molar-refractivity contribution in [3.05, 3.63) is 39.4 Å². The smallest absolute Gasteiger partial charge is 0.315 e. The summed E-state index contributed by atoms with van der Waals surface area (Å²) in [7, 11) is 0. The van der Waals surface area contributed by atoms with E-state index in [2.05, 4.69) is 15.5 Å². The summed E-state index contributed by atoms with van der Waals surface area (Å²) < 4.78 is 0. The number of benzene rings is 1. The molecule has 3 rings (SSSR count). The third-order valence-electron chi connectivity index (χ3n) is 5.21. The van der Waals surface area contributed by atoms with Gasteiger partial charge < -0.3 is 15.5 Å². The Morgan fingerprint density at radius 1 is 1.28 bits per heavy atom. The van der Waals surface area contributed by atoms with Crippen molar-refractivity contribution >= 4 is 11.7 Å². The SMILES string of the molecule is Cc1ccc(C(C)NC(=O)NC2CCN(C3CC3)CC2)cc1[N+](=O)[O-]. The molecule has 7 heteroatoms. The molecule has 1 aliphatic carbocycles. The van der Waals surface area contributed by atoms with E-state index in [1.807, 2.05) is 13.0 Å². The van der Waals surface area contributed by atoms with Crippen LogP contribution in [0.5, 0.6) is 0 Å². The minimum absolute atomic E-state index is 0.0824. The number of hydrogen-bond acceptors (Lipinski definition) is 4. The van der Waals surface area contributed by atoms with Crippen LogP contribution in [0, 0.1) is 17.0 Å². The summed E-state index contributed by atoms with van der Waals surface area (Å²) in [5.74, 6) is 0. The first-order chi connectivity index (χ1) is 11.9. The number of nitro benzene ring substituents is 1. The molecule has 136 valence electrons. The van der Waals surface area contributed by atoms with E-state index in [1.54, 1.807) is 13.0 Å². The van der Waals surface area contributed by atoms with Crippen LogP contribution in [0.15, 0.2) is 18.2 Å². The van der Waals surface area contributed by atoms with Crippen LogP contribution in [0.2, 0.25) is 0 Å². The summed E-state index contributed by atoms with van der Waals surface area (Å²) in [6, 6.07) is 5.57. The van der Waals surface area contributed by atoms with Crippen molar-refractivity contribution in [2.24, 2.45) is 0 Å². The number of carbonyl (C=O) groups excluding carboxylic acids is 1. The maximum Gasteiger partial charge on any atom is 0.315 e. The molecular formula is C18H26N4O3. The normalized spacial score (nSPS) is 20.1. The first-order valence-electron chi connectivity index (χ1n) is 9.00. The van der Waals surface area contributed by atoms with Gasteiger partial charge in [0.2, 0.25) is 0 Å². The van der Waals surface area contributed by atoms with Gasteiger partial charge in [-0.3, -0.25) is 10.1 Å². The molecule has 25 heavy (non-hydrogen) atoms. The number of likely N-dealkylation sites (tertiary alicyclic amines) is 1. The highest BCUT2D eigenvalue weighted by Crippen LogP contribution is 2.29. The molecule has 1 aliphatic heterocycles. The van der Waals surface area contributed by atoms with Gasteiger partial charge in [-0.05, 0) is 45.1 Å². The zero-order valence-electron chi connectivity index (χ0n) is 14.8. The molecule has 0 radical (unpaired) electrons. The number of urea groups is 1. The lowest BCUT2D eigenvalue weighted by Gasteiger charge is -2.32. The molecule has 1 saturated carbocycles. The van der Waals surface area contributed by atoms with Gasteiger partial charge in [0.25, 0.3) is 5.69 Å². The van der Waals surface area contributed by atoms with E-state index in [1.165, 1.54) is 18.9 Å². The second-order valence-electron chi connectivity index (χ2n) is 7.18. The second-order valence-corrected chi connectivity index (χ2v) is 7.18. The molecule has 1 unspecified atom stereocenters. The third-order valence-corrected chi connectivity index (χ3v) is 5.21. The molecule has 1 aromatic rings. The predicted molar refractivity (Wildman–Crippen MR) is 95.5 cm³/mol. The lowest BCUT2D eigenvalue weighted by atomic mass is 10.0. The molecule has 1 saturated heterocycles. The number of nitrogens with one attached hydrogen (secondary N) is 2. The van der Waals surface area contributed by atoms with Crippen molar-refractivity contribution < 1.29 is 9.72 Å². The average Bonchev–Trinajstić information content (AvgIpc) is 3.40. The van der Waals surface area contributed by atoms with Gasteiger partial charge >= 0.3 is 6.03 Å². The number of nitro groups is 1. The molecule has 7 nitrogen and oxygen atoms in total. The van der Waals surface area contributed by atoms with Crippen LogP contribution in [0.1, 0.15) is 49.8 Å². The quantitative estimate of drug-likeness (QED) is 0.634. The van der Waals surface area contributed by atoms with Crippen molar-refractivity contribution in [1.82, 2.24) is 15.5 Å². The van der Waals surface area contributed by atoms with Crippen LogP contribution < -0.4 is 10.6 Å². The zero-order chi connectivity index (χ0) is 18.0. The van der Waals surface area contributed by atoms with Crippen LogP contribution in [0.4, 0.5) is 10.5 Å². The van der Waals surface area contributed by atoms with E-state index in [9.17, 15) is 14.9 Å². The van der Waals surface area contributed by atoms with Crippen LogP contribution in [0.25, 0.3) is 0 Å². The summed E-state index contributed by atoms with van der Waals surface area (Å²) in [6.07, 6.45) is 4.60. The van der Waals surface area contributed by atoms with Gasteiger partial charge in [-0.2, -0.15) is 0 Å². The van der Waals surface area contributed by atoms with Gasteiger partial charge in [0.1, 0.15) is 0 Å². The van der Waals surface area contributed by atoms with Gasteiger partial charge in [0.15, 0.2) is 0 Å². The number of nitrogens with zero attached hydrogens (tertiary/aromatic N) is 2. The van der Waals surface area contributed by atoms with Crippen molar-refractivity contribution in [1.29, 1.82) is 0 Å². The van der Waals surface area contributed by atoms with Crippen LogP contribution in [0.3, 0.4) is 0 Å². The maximum atomic E-state index is 12.2. The maximum absolute atomic E-state index is 12.2. The Morgan fingerprint density at radius 2 is 1.96 bits per heavy atom. The summed E-state index contributed by atoms with van der Waals surface area (Å²) in [6.45, 7) is 5.65. The standard InChI is InChI=1S/C18H26N4O3/c1-12-3-4-14(11-17(12)22(24)25)13(2)19-18(23)20-15-7-9-21(10-8-15)16-5-6-16/h3-4,11,13,15-16H,5-10H2,1-2H3,(H2,19,20,23). The van der Waals surface area contributed by atoms with E-state index in [0.717, 1.165) is 37.5 Å². The monoisotopic (exact) mass is 346 g/mol. The number of piperidine rings is 1. The minimum Gasteiger partial charge on any atom is -0.335 e. The van der Waals surface area contributed by atoms with E-state index in [4.69, 9.17) is 0 Å². The molecule has 2 fully saturated rings. The highest BCUT2D eigenvalue weighted by atomic mass is 16.6. The van der Waals surface area contributed by atoms with E-state index < -0.39 is 0 Å². The lowest BCUT2D eigenvalue weighted by Crippen LogP contribution is -2.48. The molecule has 2 N–H and O–H groups in total. The van der Waals surface area contributed by atoms with Crippen molar-refractivity contribution in [2.45, 2.75) is 57.7 Å².